The molecule has 0 fully saturated rings. The number of nitriles is 1. The van der Waals surface area contributed by atoms with Gasteiger partial charge in [-0.15, -0.1) is 0 Å². The van der Waals surface area contributed by atoms with Crippen molar-refractivity contribution in [1.29, 1.82) is 5.26 Å². The second-order valence-electron chi connectivity index (χ2n) is 4.07. The molecule has 0 saturated carbocycles. The number of nitrogens with zero attached hydrogens (tertiary/aromatic N) is 3. The molecule has 0 saturated heterocycles. The van der Waals surface area contributed by atoms with Crippen LogP contribution in [0.5, 0.6) is 0 Å². The molecule has 5 heteroatoms. The van der Waals surface area contributed by atoms with Crippen molar-refractivity contribution < 1.29 is 4.39 Å². The predicted octanol–water partition coefficient (Wildman–Crippen LogP) is 3.32. The van der Waals surface area contributed by atoms with Crippen LogP contribution >= 0.6 is 15.9 Å². The summed E-state index contributed by atoms with van der Waals surface area (Å²) in [5.74, 6) is -0.490. The molecule has 1 heterocycles. The molecule has 0 aliphatic heterocycles. The van der Waals surface area contributed by atoms with Crippen LogP contribution in [-0.4, -0.2) is 9.78 Å². The minimum Gasteiger partial charge on any atom is -0.264 e. The maximum absolute atomic E-state index is 13.2. The van der Waals surface area contributed by atoms with E-state index in [0.717, 1.165) is 21.4 Å². The van der Waals surface area contributed by atoms with Crippen molar-refractivity contribution in [3.8, 4) is 6.07 Å². The van der Waals surface area contributed by atoms with Crippen molar-refractivity contribution in [1.82, 2.24) is 9.78 Å². The zero-order chi connectivity index (χ0) is 13.3. The van der Waals surface area contributed by atoms with Crippen LogP contribution in [0.25, 0.3) is 0 Å². The van der Waals surface area contributed by atoms with Gasteiger partial charge in [-0.05, 0) is 47.5 Å². The summed E-state index contributed by atoms with van der Waals surface area (Å²) in [7, 11) is 0. The van der Waals surface area contributed by atoms with E-state index in [-0.39, 0.29) is 5.56 Å². The molecule has 2 rings (SSSR count). The van der Waals surface area contributed by atoms with Gasteiger partial charge in [0.2, 0.25) is 0 Å². The Kier molecular flexibility index (Phi) is 3.48. The molecule has 0 atom stereocenters. The van der Waals surface area contributed by atoms with Gasteiger partial charge >= 0.3 is 0 Å². The van der Waals surface area contributed by atoms with Gasteiger partial charge in [0.05, 0.1) is 28.0 Å². The highest BCUT2D eigenvalue weighted by Crippen LogP contribution is 2.21. The third-order valence-corrected chi connectivity index (χ3v) is 3.92. The minimum absolute atomic E-state index is 0.0631. The maximum Gasteiger partial charge on any atom is 0.140 e. The maximum atomic E-state index is 13.2. The molecule has 0 N–H and O–H groups in total. The smallest absolute Gasteiger partial charge is 0.140 e. The molecule has 2 aromatic rings. The van der Waals surface area contributed by atoms with Gasteiger partial charge in [0, 0.05) is 0 Å². The van der Waals surface area contributed by atoms with Gasteiger partial charge in [-0.3, -0.25) is 4.68 Å². The number of aryl methyl sites for hydroxylation is 1. The second-order valence-corrected chi connectivity index (χ2v) is 4.86. The molecule has 0 amide bonds. The highest BCUT2D eigenvalue weighted by molar-refractivity contribution is 9.10. The number of hydrogen-bond acceptors (Lipinski definition) is 2. The third kappa shape index (κ3) is 2.29. The summed E-state index contributed by atoms with van der Waals surface area (Å²) in [6.07, 6.45) is 0. The van der Waals surface area contributed by atoms with Crippen LogP contribution in [0.2, 0.25) is 0 Å². The van der Waals surface area contributed by atoms with Gasteiger partial charge in [-0.1, -0.05) is 6.07 Å². The van der Waals surface area contributed by atoms with Crippen LogP contribution in [0.1, 0.15) is 22.5 Å². The van der Waals surface area contributed by atoms with Gasteiger partial charge in [0.1, 0.15) is 11.9 Å². The number of halogens is 2. The van der Waals surface area contributed by atoms with Crippen molar-refractivity contribution in [3.05, 3.63) is 51.0 Å². The highest BCUT2D eigenvalue weighted by atomic mass is 79.9. The molecule has 0 radical (unpaired) electrons. The normalized spacial score (nSPS) is 10.4. The number of aromatic nitrogens is 2. The Morgan fingerprint density at radius 3 is 2.72 bits per heavy atom. The summed E-state index contributed by atoms with van der Waals surface area (Å²) in [4.78, 5) is 0. The van der Waals surface area contributed by atoms with Gasteiger partial charge in [0.15, 0.2) is 0 Å². The van der Waals surface area contributed by atoms with Gasteiger partial charge in [-0.25, -0.2) is 4.39 Å². The third-order valence-electron chi connectivity index (χ3n) is 2.78. The molecule has 0 bridgehead atoms. The second kappa shape index (κ2) is 4.91. The molecule has 3 nitrogen and oxygen atoms in total. The lowest BCUT2D eigenvalue weighted by Crippen LogP contribution is -2.04. The van der Waals surface area contributed by atoms with Crippen molar-refractivity contribution >= 4 is 15.9 Å². The van der Waals surface area contributed by atoms with E-state index in [1.165, 1.54) is 6.07 Å². The summed E-state index contributed by atoms with van der Waals surface area (Å²) >= 11 is 3.46. The van der Waals surface area contributed by atoms with E-state index >= 15 is 0 Å². The lowest BCUT2D eigenvalue weighted by molar-refractivity contribution is 0.618. The first-order chi connectivity index (χ1) is 8.52. The van der Waals surface area contributed by atoms with E-state index in [1.54, 1.807) is 12.1 Å². The van der Waals surface area contributed by atoms with Crippen LogP contribution < -0.4 is 0 Å². The van der Waals surface area contributed by atoms with Crippen LogP contribution in [0.3, 0.4) is 0 Å². The summed E-state index contributed by atoms with van der Waals surface area (Å²) < 4.78 is 16.0. The van der Waals surface area contributed by atoms with Crippen LogP contribution in [0.15, 0.2) is 22.7 Å². The Hall–Kier alpha value is -1.67. The molecule has 0 aliphatic carbocycles. The molecule has 92 valence electrons. The van der Waals surface area contributed by atoms with Gasteiger partial charge in [0.25, 0.3) is 0 Å². The largest absolute Gasteiger partial charge is 0.264 e. The SMILES string of the molecule is Cc1nn(Cc2ccc(F)c(C#N)c2)c(C)c1Br. The van der Waals surface area contributed by atoms with Gasteiger partial charge < -0.3 is 0 Å². The lowest BCUT2D eigenvalue weighted by atomic mass is 10.1. The van der Waals surface area contributed by atoms with E-state index in [1.807, 2.05) is 24.6 Å². The standard InChI is InChI=1S/C13H11BrFN3/c1-8-13(14)9(2)18(17-8)7-10-3-4-12(15)11(5-10)6-16/h3-5H,7H2,1-2H3. The van der Waals surface area contributed by atoms with Crippen LogP contribution in [0, 0.1) is 31.0 Å². The molecule has 1 aromatic heterocycles. The van der Waals surface area contributed by atoms with Crippen molar-refractivity contribution in [2.24, 2.45) is 0 Å². The van der Waals surface area contributed by atoms with Crippen molar-refractivity contribution in [2.75, 3.05) is 0 Å². The Labute approximate surface area is 113 Å². The molecule has 18 heavy (non-hydrogen) atoms. The highest BCUT2D eigenvalue weighted by Gasteiger charge is 2.10. The van der Waals surface area contributed by atoms with E-state index in [2.05, 4.69) is 21.0 Å². The minimum atomic E-state index is -0.490. The molecule has 1 aromatic carbocycles. The summed E-state index contributed by atoms with van der Waals surface area (Å²) in [5.41, 5.74) is 2.84. The molecule has 0 unspecified atom stereocenters. The van der Waals surface area contributed by atoms with Crippen molar-refractivity contribution in [3.63, 3.8) is 0 Å². The Bertz CT molecular complexity index is 640. The fourth-order valence-corrected chi connectivity index (χ4v) is 2.04. The fraction of sp³-hybridized carbons (Fsp3) is 0.231. The Balaban J connectivity index is 2.35. The first-order valence-corrected chi connectivity index (χ1v) is 6.20. The average molecular weight is 308 g/mol. The first kappa shape index (κ1) is 12.8. The summed E-state index contributed by atoms with van der Waals surface area (Å²) in [6, 6.07) is 6.38. The quantitative estimate of drug-likeness (QED) is 0.854. The van der Waals surface area contributed by atoms with E-state index in [0.29, 0.717) is 6.54 Å². The predicted molar refractivity (Wildman–Crippen MR) is 69.6 cm³/mol. The van der Waals surface area contributed by atoms with Crippen LogP contribution in [0.4, 0.5) is 4.39 Å². The molecule has 0 spiro atoms. The first-order valence-electron chi connectivity index (χ1n) is 5.41. The Morgan fingerprint density at radius 1 is 1.44 bits per heavy atom. The Morgan fingerprint density at radius 2 is 2.17 bits per heavy atom. The molecular weight excluding hydrogens is 297 g/mol. The van der Waals surface area contributed by atoms with E-state index in [9.17, 15) is 4.39 Å². The monoisotopic (exact) mass is 307 g/mol. The van der Waals surface area contributed by atoms with Gasteiger partial charge in [-0.2, -0.15) is 10.4 Å². The van der Waals surface area contributed by atoms with Crippen LogP contribution in [-0.2, 0) is 6.54 Å². The summed E-state index contributed by atoms with van der Waals surface area (Å²) in [6.45, 7) is 4.39. The van der Waals surface area contributed by atoms with Crippen molar-refractivity contribution in [2.45, 2.75) is 20.4 Å². The average Bonchev–Trinajstić information content (AvgIpc) is 2.59. The zero-order valence-electron chi connectivity index (χ0n) is 10.0. The topological polar surface area (TPSA) is 41.6 Å². The summed E-state index contributed by atoms with van der Waals surface area (Å²) in [5, 5.41) is 13.2. The van der Waals surface area contributed by atoms with E-state index < -0.39 is 5.82 Å². The molecular formula is C13H11BrFN3. The lowest BCUT2D eigenvalue weighted by Gasteiger charge is -2.05. The number of rotatable bonds is 2. The fourth-order valence-electron chi connectivity index (χ4n) is 1.76. The molecule has 0 aliphatic rings. The zero-order valence-corrected chi connectivity index (χ0v) is 11.6. The number of benzene rings is 1. The van der Waals surface area contributed by atoms with E-state index in [4.69, 9.17) is 5.26 Å². The number of hydrogen-bond donors (Lipinski definition) is 0.